The first kappa shape index (κ1) is 16.6. The SMILES string of the molecule is CC(C)Oc1ccc(CNC(=O)NCCBr)c2ccccc12. The fourth-order valence-electron chi connectivity index (χ4n) is 2.24. The van der Waals surface area contributed by atoms with E-state index in [1.807, 2.05) is 44.2 Å². The zero-order valence-electron chi connectivity index (χ0n) is 12.9. The molecule has 2 aromatic carbocycles. The quantitative estimate of drug-likeness (QED) is 0.765. The number of halogens is 1. The van der Waals surface area contributed by atoms with Crippen LogP contribution in [0.1, 0.15) is 19.4 Å². The summed E-state index contributed by atoms with van der Waals surface area (Å²) in [5.41, 5.74) is 1.07. The number of hydrogen-bond acceptors (Lipinski definition) is 2. The third-order valence-electron chi connectivity index (χ3n) is 3.16. The summed E-state index contributed by atoms with van der Waals surface area (Å²) in [6.45, 7) is 5.11. The summed E-state index contributed by atoms with van der Waals surface area (Å²) < 4.78 is 5.86. The van der Waals surface area contributed by atoms with E-state index in [2.05, 4.69) is 32.6 Å². The van der Waals surface area contributed by atoms with Crippen molar-refractivity contribution in [3.63, 3.8) is 0 Å². The van der Waals surface area contributed by atoms with Crippen molar-refractivity contribution in [1.29, 1.82) is 0 Å². The first-order valence-corrected chi connectivity index (χ1v) is 8.49. The molecule has 0 radical (unpaired) electrons. The lowest BCUT2D eigenvalue weighted by molar-refractivity contribution is 0.241. The van der Waals surface area contributed by atoms with E-state index in [4.69, 9.17) is 4.74 Å². The van der Waals surface area contributed by atoms with Crippen LogP contribution < -0.4 is 15.4 Å². The number of ether oxygens (including phenoxy) is 1. The van der Waals surface area contributed by atoms with Crippen LogP contribution in [0.2, 0.25) is 0 Å². The highest BCUT2D eigenvalue weighted by molar-refractivity contribution is 9.09. The van der Waals surface area contributed by atoms with Crippen LogP contribution in [-0.2, 0) is 6.54 Å². The van der Waals surface area contributed by atoms with Crippen LogP contribution >= 0.6 is 15.9 Å². The molecule has 4 nitrogen and oxygen atoms in total. The summed E-state index contributed by atoms with van der Waals surface area (Å²) in [6, 6.07) is 11.9. The molecule has 22 heavy (non-hydrogen) atoms. The highest BCUT2D eigenvalue weighted by Crippen LogP contribution is 2.29. The van der Waals surface area contributed by atoms with Gasteiger partial charge in [-0.05, 0) is 30.9 Å². The Morgan fingerprint density at radius 2 is 1.86 bits per heavy atom. The first-order valence-electron chi connectivity index (χ1n) is 7.36. The number of carbonyl (C=O) groups is 1. The van der Waals surface area contributed by atoms with Crippen LogP contribution in [0, 0.1) is 0 Å². The molecule has 0 unspecified atom stereocenters. The maximum absolute atomic E-state index is 11.7. The molecular formula is C17H21BrN2O2. The molecule has 2 amide bonds. The number of rotatable bonds is 6. The van der Waals surface area contributed by atoms with Crippen molar-refractivity contribution >= 4 is 32.7 Å². The minimum atomic E-state index is -0.161. The number of urea groups is 1. The molecule has 0 atom stereocenters. The summed E-state index contributed by atoms with van der Waals surface area (Å²) >= 11 is 3.28. The minimum absolute atomic E-state index is 0.127. The predicted octanol–water partition coefficient (Wildman–Crippen LogP) is 3.82. The van der Waals surface area contributed by atoms with E-state index >= 15 is 0 Å². The highest BCUT2D eigenvalue weighted by atomic mass is 79.9. The standard InChI is InChI=1S/C17H21BrN2O2/c1-12(2)22-16-8-7-13(11-20-17(21)19-10-9-18)14-5-3-4-6-15(14)16/h3-8,12H,9-11H2,1-2H3,(H2,19,20,21). The molecule has 0 bridgehead atoms. The summed E-state index contributed by atoms with van der Waals surface area (Å²) in [5, 5.41) is 8.55. The van der Waals surface area contributed by atoms with E-state index in [0.29, 0.717) is 13.1 Å². The largest absolute Gasteiger partial charge is 0.490 e. The Bertz CT molecular complexity index is 644. The van der Waals surface area contributed by atoms with Crippen LogP contribution in [0.4, 0.5) is 4.79 Å². The van der Waals surface area contributed by atoms with E-state index in [1.165, 1.54) is 0 Å². The maximum Gasteiger partial charge on any atom is 0.315 e. The van der Waals surface area contributed by atoms with Gasteiger partial charge in [0.25, 0.3) is 0 Å². The Balaban J connectivity index is 2.19. The Kier molecular flexibility index (Phi) is 6.07. The summed E-state index contributed by atoms with van der Waals surface area (Å²) in [7, 11) is 0. The van der Waals surface area contributed by atoms with Crippen LogP contribution in [-0.4, -0.2) is 24.0 Å². The normalized spacial score (nSPS) is 10.7. The zero-order chi connectivity index (χ0) is 15.9. The zero-order valence-corrected chi connectivity index (χ0v) is 14.4. The number of carbonyl (C=O) groups excluding carboxylic acids is 1. The molecule has 0 aliphatic carbocycles. The van der Waals surface area contributed by atoms with Crippen molar-refractivity contribution in [3.8, 4) is 5.75 Å². The van der Waals surface area contributed by atoms with E-state index in [1.54, 1.807) is 0 Å². The summed E-state index contributed by atoms with van der Waals surface area (Å²) in [6.07, 6.45) is 0.127. The third-order valence-corrected chi connectivity index (χ3v) is 3.55. The van der Waals surface area contributed by atoms with E-state index in [-0.39, 0.29) is 12.1 Å². The topological polar surface area (TPSA) is 50.4 Å². The molecular weight excluding hydrogens is 344 g/mol. The van der Waals surface area contributed by atoms with Gasteiger partial charge in [-0.1, -0.05) is 46.3 Å². The lowest BCUT2D eigenvalue weighted by atomic mass is 10.0. The van der Waals surface area contributed by atoms with E-state index < -0.39 is 0 Å². The second kappa shape index (κ2) is 8.03. The van der Waals surface area contributed by atoms with Gasteiger partial charge in [0, 0.05) is 23.8 Å². The summed E-state index contributed by atoms with van der Waals surface area (Å²) in [5.74, 6) is 0.873. The molecule has 0 spiro atoms. The molecule has 0 fully saturated rings. The first-order chi connectivity index (χ1) is 10.6. The second-order valence-electron chi connectivity index (χ2n) is 5.23. The summed E-state index contributed by atoms with van der Waals surface area (Å²) in [4.78, 5) is 11.7. The highest BCUT2D eigenvalue weighted by Gasteiger charge is 2.09. The van der Waals surface area contributed by atoms with Crippen LogP contribution in [0.15, 0.2) is 36.4 Å². The number of alkyl halides is 1. The fourth-order valence-corrected chi connectivity index (χ4v) is 2.44. The van der Waals surface area contributed by atoms with Gasteiger partial charge in [0.1, 0.15) is 5.75 Å². The molecule has 0 heterocycles. The number of fused-ring (bicyclic) bond motifs is 1. The smallest absolute Gasteiger partial charge is 0.315 e. The van der Waals surface area contributed by atoms with Gasteiger partial charge in [-0.25, -0.2) is 4.79 Å². The monoisotopic (exact) mass is 364 g/mol. The van der Waals surface area contributed by atoms with Gasteiger partial charge in [-0.15, -0.1) is 0 Å². The van der Waals surface area contributed by atoms with Gasteiger partial charge >= 0.3 is 6.03 Å². The molecule has 5 heteroatoms. The molecule has 0 saturated heterocycles. The van der Waals surface area contributed by atoms with Crippen molar-refractivity contribution in [1.82, 2.24) is 10.6 Å². The van der Waals surface area contributed by atoms with Gasteiger partial charge < -0.3 is 15.4 Å². The fraction of sp³-hybridized carbons (Fsp3) is 0.353. The molecule has 118 valence electrons. The van der Waals surface area contributed by atoms with Crippen LogP contribution in [0.3, 0.4) is 0 Å². The lowest BCUT2D eigenvalue weighted by Gasteiger charge is -2.15. The Morgan fingerprint density at radius 1 is 1.14 bits per heavy atom. The molecule has 0 saturated carbocycles. The second-order valence-corrected chi connectivity index (χ2v) is 6.03. The molecule has 2 N–H and O–H groups in total. The third kappa shape index (κ3) is 4.37. The van der Waals surface area contributed by atoms with Crippen molar-refractivity contribution in [2.75, 3.05) is 11.9 Å². The van der Waals surface area contributed by atoms with E-state index in [9.17, 15) is 4.79 Å². The van der Waals surface area contributed by atoms with E-state index in [0.717, 1.165) is 27.4 Å². The number of amides is 2. The van der Waals surface area contributed by atoms with Crippen molar-refractivity contribution < 1.29 is 9.53 Å². The molecule has 2 aromatic rings. The molecule has 0 aliphatic rings. The van der Waals surface area contributed by atoms with Crippen LogP contribution in [0.5, 0.6) is 5.75 Å². The Morgan fingerprint density at radius 3 is 2.55 bits per heavy atom. The minimum Gasteiger partial charge on any atom is -0.490 e. The lowest BCUT2D eigenvalue weighted by Crippen LogP contribution is -2.36. The average Bonchev–Trinajstić information content (AvgIpc) is 2.51. The average molecular weight is 365 g/mol. The number of benzene rings is 2. The van der Waals surface area contributed by atoms with Crippen molar-refractivity contribution in [2.24, 2.45) is 0 Å². The molecule has 2 rings (SSSR count). The van der Waals surface area contributed by atoms with Crippen LogP contribution in [0.25, 0.3) is 10.8 Å². The van der Waals surface area contributed by atoms with Crippen molar-refractivity contribution in [2.45, 2.75) is 26.5 Å². The Labute approximate surface area is 139 Å². The maximum atomic E-state index is 11.7. The van der Waals surface area contributed by atoms with Gasteiger partial charge in [0.2, 0.25) is 0 Å². The Hall–Kier alpha value is -1.75. The molecule has 0 aromatic heterocycles. The van der Waals surface area contributed by atoms with Gasteiger partial charge in [-0.2, -0.15) is 0 Å². The number of nitrogens with one attached hydrogen (secondary N) is 2. The predicted molar refractivity (Wildman–Crippen MR) is 93.7 cm³/mol. The van der Waals surface area contributed by atoms with Gasteiger partial charge in [-0.3, -0.25) is 0 Å². The van der Waals surface area contributed by atoms with Gasteiger partial charge in [0.05, 0.1) is 6.10 Å². The number of hydrogen-bond donors (Lipinski definition) is 2. The molecule has 0 aliphatic heterocycles. The van der Waals surface area contributed by atoms with Gasteiger partial charge in [0.15, 0.2) is 0 Å². The van der Waals surface area contributed by atoms with Crippen molar-refractivity contribution in [3.05, 3.63) is 42.0 Å².